The Hall–Kier alpha value is -9.46. The third-order valence-electron chi connectivity index (χ3n) is 13.8. The van der Waals surface area contributed by atoms with E-state index >= 15 is 0 Å². The molecule has 10 rings (SSSR count). The maximum atomic E-state index is 13.7. The number of carbonyl (C=O) groups is 4. The molecule has 0 unspecified atom stereocenters. The van der Waals surface area contributed by atoms with E-state index in [0.717, 1.165) is 28.8 Å². The van der Waals surface area contributed by atoms with Crippen molar-refractivity contribution in [2.24, 2.45) is 0 Å². The number of furan rings is 2. The van der Waals surface area contributed by atoms with E-state index in [0.29, 0.717) is 63.9 Å². The van der Waals surface area contributed by atoms with Gasteiger partial charge in [0.25, 0.3) is 0 Å². The first kappa shape index (κ1) is 63.1. The number of amides is 2. The first-order valence-electron chi connectivity index (χ1n) is 27.3. The van der Waals surface area contributed by atoms with Crippen molar-refractivity contribution in [3.8, 4) is 44.9 Å². The van der Waals surface area contributed by atoms with E-state index in [1.807, 2.05) is 127 Å². The van der Waals surface area contributed by atoms with Crippen LogP contribution in [-0.2, 0) is 20.6 Å². The number of carboxylic acids is 1. The van der Waals surface area contributed by atoms with Crippen LogP contribution < -0.4 is 33.6 Å². The van der Waals surface area contributed by atoms with Crippen LogP contribution >= 0.6 is 0 Å². The van der Waals surface area contributed by atoms with Crippen molar-refractivity contribution in [3.05, 3.63) is 222 Å². The van der Waals surface area contributed by atoms with Crippen LogP contribution in [0.5, 0.6) is 0 Å². The second kappa shape index (κ2) is 29.7. The van der Waals surface area contributed by atoms with Crippen LogP contribution in [0.25, 0.3) is 66.8 Å². The van der Waals surface area contributed by atoms with E-state index < -0.39 is 35.8 Å². The summed E-state index contributed by atoms with van der Waals surface area (Å²) in [6, 6.07) is 57.2. The number of nitrogens with zero attached hydrogens (tertiary/aromatic N) is 3. The molecule has 0 bridgehead atoms. The first-order chi connectivity index (χ1) is 40.4. The normalized spacial score (nSPS) is 10.7. The number of hydrogen-bond acceptors (Lipinski definition) is 11. The molecule has 2 amide bonds. The number of fused-ring (bicyclic) bond motifs is 2. The minimum atomic E-state index is -1.18. The van der Waals surface area contributed by atoms with Gasteiger partial charge in [0.2, 0.25) is 0 Å². The molecule has 14 nitrogen and oxygen atoms in total. The molecule has 17 heteroatoms. The molecule has 2 N–H and O–H groups in total. The number of esters is 1. The van der Waals surface area contributed by atoms with Crippen molar-refractivity contribution in [2.75, 3.05) is 61.2 Å². The van der Waals surface area contributed by atoms with Crippen molar-refractivity contribution >= 4 is 63.1 Å². The van der Waals surface area contributed by atoms with Gasteiger partial charge in [0.05, 0.1) is 31.2 Å². The largest absolute Gasteiger partial charge is 1.00 e. The molecule has 10 aromatic rings. The zero-order valence-electron chi connectivity index (χ0n) is 47.8. The molecule has 0 atom stereocenters. The van der Waals surface area contributed by atoms with E-state index in [-0.39, 0.29) is 78.9 Å². The molecule has 0 saturated carbocycles. The van der Waals surface area contributed by atoms with Gasteiger partial charge in [-0.25, -0.2) is 28.0 Å². The molecule has 0 aliphatic rings. The third kappa shape index (κ3) is 14.8. The van der Waals surface area contributed by atoms with E-state index in [1.165, 1.54) is 42.0 Å². The van der Waals surface area contributed by atoms with Gasteiger partial charge >= 0.3 is 43.0 Å². The first-order valence-corrected chi connectivity index (χ1v) is 27.3. The van der Waals surface area contributed by atoms with Crippen LogP contribution in [0.3, 0.4) is 0 Å². The smallest absolute Gasteiger partial charge is 0.870 e. The van der Waals surface area contributed by atoms with Crippen LogP contribution in [0.4, 0.5) is 35.4 Å². The molecular formula is C68H62F2LiN3O11. The summed E-state index contributed by atoms with van der Waals surface area (Å²) in [6.45, 7) is 7.01. The Morgan fingerprint density at radius 2 is 0.906 bits per heavy atom. The Morgan fingerprint density at radius 3 is 1.35 bits per heavy atom. The van der Waals surface area contributed by atoms with Crippen LogP contribution in [0, 0.1) is 11.6 Å². The average Bonchev–Trinajstić information content (AvgIpc) is 4.08. The van der Waals surface area contributed by atoms with Gasteiger partial charge < -0.3 is 38.5 Å². The van der Waals surface area contributed by atoms with Crippen molar-refractivity contribution in [1.29, 1.82) is 0 Å². The van der Waals surface area contributed by atoms with Gasteiger partial charge in [-0.05, 0) is 123 Å². The van der Waals surface area contributed by atoms with Gasteiger partial charge in [-0.1, -0.05) is 109 Å². The fraction of sp³-hybridized carbons (Fsp3) is 0.176. The van der Waals surface area contributed by atoms with Gasteiger partial charge in [-0.2, -0.15) is 0 Å². The Morgan fingerprint density at radius 1 is 0.494 bits per heavy atom. The van der Waals surface area contributed by atoms with Crippen LogP contribution in [0.1, 0.15) is 53.5 Å². The van der Waals surface area contributed by atoms with Gasteiger partial charge in [0, 0.05) is 77.5 Å². The number of carbonyl (C=O) groups excluding carboxylic acids is 3. The van der Waals surface area contributed by atoms with Gasteiger partial charge in [0.15, 0.2) is 0 Å². The van der Waals surface area contributed by atoms with Gasteiger partial charge in [0.1, 0.15) is 45.4 Å². The molecule has 0 fully saturated rings. The molecule has 2 heterocycles. The minimum Gasteiger partial charge on any atom is -0.870 e. The average molecular weight is 1140 g/mol. The zero-order chi connectivity index (χ0) is 58.4. The van der Waals surface area contributed by atoms with Crippen LogP contribution in [0.15, 0.2) is 203 Å². The fourth-order valence-electron chi connectivity index (χ4n) is 9.81. The number of aromatic carboxylic acids is 1. The van der Waals surface area contributed by atoms with E-state index in [1.54, 1.807) is 60.9 Å². The summed E-state index contributed by atoms with van der Waals surface area (Å²) in [7, 11) is 1.95. The van der Waals surface area contributed by atoms with E-state index in [9.17, 15) is 33.1 Å². The molecule has 8 aromatic carbocycles. The number of carboxylic acid groups (broad SMARTS) is 1. The Labute approximate surface area is 503 Å². The Bertz CT molecular complexity index is 3850. The summed E-state index contributed by atoms with van der Waals surface area (Å²) in [5.41, 5.74) is 8.12. The topological polar surface area (TPSA) is 182 Å². The zero-order valence-corrected chi connectivity index (χ0v) is 47.8. The summed E-state index contributed by atoms with van der Waals surface area (Å²) in [5.74, 6) is -2.20. The number of benzene rings is 8. The number of rotatable bonds is 19. The molecule has 0 radical (unpaired) electrons. The summed E-state index contributed by atoms with van der Waals surface area (Å²) < 4.78 is 56.1. The second-order valence-corrected chi connectivity index (χ2v) is 19.2. The predicted octanol–water partition coefficient (Wildman–Crippen LogP) is 13.2. The number of para-hydroxylation sites is 1. The fourth-order valence-corrected chi connectivity index (χ4v) is 9.81. The van der Waals surface area contributed by atoms with E-state index in [4.69, 9.17) is 23.0 Å². The molecule has 0 spiro atoms. The number of anilines is 3. The molecule has 430 valence electrons. The van der Waals surface area contributed by atoms with Crippen molar-refractivity contribution < 1.29 is 80.4 Å². The quantitative estimate of drug-likeness (QED) is 0.0460. The second-order valence-electron chi connectivity index (χ2n) is 19.2. The minimum absolute atomic E-state index is 0. The SMILES string of the molecule is CCOC(=O)N(CCN(C)c1ccccc1)c1cc2oc(-c3ccc(F)cc3)c(C(=O)O)c2cc1-c1ccccc1.CCOC(=O)c1c(-c2ccc(F)cc2)oc2cc(N(CCCc3ccccc3)C(=O)OCC)c(-c3ccccc3)cc12.[Li+].[OH-]. The molecule has 0 aliphatic heterocycles. The number of likely N-dealkylation sites (N-methyl/N-ethyl adjacent to an activating group) is 1. The number of aryl methyl sites for hydroxylation is 1. The van der Waals surface area contributed by atoms with Crippen molar-refractivity contribution in [2.45, 2.75) is 33.6 Å². The molecule has 0 saturated heterocycles. The number of hydrogen-bond donors (Lipinski definition) is 1. The third-order valence-corrected chi connectivity index (χ3v) is 13.8. The Kier molecular flexibility index (Phi) is 22.0. The molecule has 2 aromatic heterocycles. The molecule has 0 aliphatic carbocycles. The molecular weight excluding hydrogens is 1080 g/mol. The molecule has 85 heavy (non-hydrogen) atoms. The maximum absolute atomic E-state index is 13.7. The summed E-state index contributed by atoms with van der Waals surface area (Å²) in [6.07, 6.45) is 0.469. The summed E-state index contributed by atoms with van der Waals surface area (Å²) >= 11 is 0. The number of ether oxygens (including phenoxy) is 3. The number of halogens is 2. The summed E-state index contributed by atoms with van der Waals surface area (Å²) in [5, 5.41) is 11.1. The van der Waals surface area contributed by atoms with E-state index in [2.05, 4.69) is 12.1 Å². The summed E-state index contributed by atoms with van der Waals surface area (Å²) in [4.78, 5) is 57.7. The van der Waals surface area contributed by atoms with Crippen LogP contribution in [0.2, 0.25) is 0 Å². The van der Waals surface area contributed by atoms with Crippen molar-refractivity contribution in [1.82, 2.24) is 0 Å². The monoisotopic (exact) mass is 1140 g/mol. The predicted molar refractivity (Wildman–Crippen MR) is 322 cm³/mol. The maximum Gasteiger partial charge on any atom is 1.00 e. The van der Waals surface area contributed by atoms with Crippen LogP contribution in [-0.4, -0.2) is 81.2 Å². The Balaban J connectivity index is 0.000000238. The van der Waals surface area contributed by atoms with Gasteiger partial charge in [-0.3, -0.25) is 9.80 Å². The van der Waals surface area contributed by atoms with Gasteiger partial charge in [-0.15, -0.1) is 0 Å². The van der Waals surface area contributed by atoms with Crippen molar-refractivity contribution in [3.63, 3.8) is 0 Å². The standard InChI is InChI=1S/C35H32FNO5.C33H29FN2O5.Li.H2O/c1-3-40-34(38)32-29-22-28(25-15-9-6-10-16-25)30(23-31(29)42-33(32)26-17-19-27(36)20-18-26)37(35(39)41-4-2)21-11-14-24-12-7-5-8-13-24;1-3-40-33(39)36(19-18-35(2)25-12-8-5-9-13-25)28-21-29-27(20-26(28)22-10-6-4-7-11-22)30(32(37)38)31(41-29)23-14-16-24(34)17-15-23;;/h5-10,12-13,15-20,22-23H,3-4,11,14,21H2,1-2H3;4-17,20-21H,3,18-19H2,1-2H3,(H,37,38);;1H2/q;;+1;/p-1.